The van der Waals surface area contributed by atoms with E-state index in [4.69, 9.17) is 4.74 Å². The predicted molar refractivity (Wildman–Crippen MR) is 98.2 cm³/mol. The largest absolute Gasteiger partial charge is 0.497 e. The van der Waals surface area contributed by atoms with E-state index in [0.29, 0.717) is 16.9 Å². The summed E-state index contributed by atoms with van der Waals surface area (Å²) in [7, 11) is -1.75. The molecule has 0 N–H and O–H groups in total. The number of methoxy groups -OCH3 is 1. The first-order valence-electron chi connectivity index (χ1n) is 8.33. The van der Waals surface area contributed by atoms with Crippen LogP contribution in [0.1, 0.15) is 18.9 Å². The monoisotopic (exact) mass is 386 g/mol. The van der Waals surface area contributed by atoms with E-state index in [2.05, 4.69) is 0 Å². The second kappa shape index (κ2) is 7.00. The maximum atomic E-state index is 13.0. The first-order chi connectivity index (χ1) is 12.8. The van der Waals surface area contributed by atoms with E-state index < -0.39 is 27.7 Å². The molecule has 1 unspecified atom stereocenters. The van der Waals surface area contributed by atoms with E-state index in [1.165, 1.54) is 0 Å². The van der Waals surface area contributed by atoms with Crippen molar-refractivity contribution in [2.45, 2.75) is 19.4 Å². The average Bonchev–Trinajstić information content (AvgIpc) is 2.99. The fourth-order valence-electron chi connectivity index (χ4n) is 3.28. The van der Waals surface area contributed by atoms with Gasteiger partial charge in [-0.25, -0.2) is 8.42 Å². The fraction of sp³-hybridized carbons (Fsp3) is 0.316. The third-order valence-corrected chi connectivity index (χ3v) is 6.52. The van der Waals surface area contributed by atoms with Gasteiger partial charge in [0, 0.05) is 5.57 Å². The normalized spacial score (nSPS) is 23.7. The lowest BCUT2D eigenvalue weighted by atomic mass is 9.92. The molecule has 0 aliphatic carbocycles. The molecule has 1 saturated heterocycles. The molecule has 0 saturated carbocycles. The zero-order valence-corrected chi connectivity index (χ0v) is 15.7. The van der Waals surface area contributed by atoms with E-state index in [9.17, 15) is 23.3 Å². The Bertz CT molecular complexity index is 1010. The standard InChI is InChI=1S/C19H18N2O5S/c1-12-16(9-13-3-5-15(26-2)6-4-13)18(22)21(19(23)17(12)10-20)14-7-8-27(24,25)11-14/h3-6,9,14H,7-8,11H2,1-2H3/b16-9+. The molecule has 2 aliphatic heterocycles. The minimum atomic E-state index is -3.29. The highest BCUT2D eigenvalue weighted by molar-refractivity contribution is 7.91. The molecule has 2 amide bonds. The molecular weight excluding hydrogens is 368 g/mol. The van der Waals surface area contributed by atoms with Gasteiger partial charge in [0.05, 0.1) is 24.7 Å². The van der Waals surface area contributed by atoms with Crippen molar-refractivity contribution < 1.29 is 22.7 Å². The molecule has 27 heavy (non-hydrogen) atoms. The lowest BCUT2D eigenvalue weighted by Gasteiger charge is -2.31. The minimum absolute atomic E-state index is 0.0726. The second-order valence-corrected chi connectivity index (χ2v) is 8.71. The lowest BCUT2D eigenvalue weighted by molar-refractivity contribution is -0.142. The number of amides is 2. The van der Waals surface area contributed by atoms with Crippen molar-refractivity contribution in [3.63, 3.8) is 0 Å². The fourth-order valence-corrected chi connectivity index (χ4v) is 4.98. The lowest BCUT2D eigenvalue weighted by Crippen LogP contribution is -2.49. The van der Waals surface area contributed by atoms with Gasteiger partial charge in [0.1, 0.15) is 17.4 Å². The van der Waals surface area contributed by atoms with Crippen molar-refractivity contribution in [1.82, 2.24) is 4.90 Å². The van der Waals surface area contributed by atoms with Crippen LogP contribution in [0.4, 0.5) is 0 Å². The van der Waals surface area contributed by atoms with Crippen LogP contribution in [0.2, 0.25) is 0 Å². The number of rotatable bonds is 3. The number of carbonyl (C=O) groups is 2. The smallest absolute Gasteiger partial charge is 0.271 e. The summed E-state index contributed by atoms with van der Waals surface area (Å²) in [4.78, 5) is 26.6. The van der Waals surface area contributed by atoms with Crippen LogP contribution in [0.25, 0.3) is 6.08 Å². The van der Waals surface area contributed by atoms with Crippen molar-refractivity contribution in [2.75, 3.05) is 18.6 Å². The van der Waals surface area contributed by atoms with Crippen LogP contribution in [0.3, 0.4) is 0 Å². The van der Waals surface area contributed by atoms with Crippen LogP contribution in [0.5, 0.6) is 5.75 Å². The Labute approximate surface area is 157 Å². The van der Waals surface area contributed by atoms with Crippen molar-refractivity contribution in [3.8, 4) is 11.8 Å². The molecule has 140 valence electrons. The number of ether oxygens (including phenoxy) is 1. The number of nitriles is 1. The van der Waals surface area contributed by atoms with Crippen LogP contribution < -0.4 is 4.74 Å². The summed E-state index contributed by atoms with van der Waals surface area (Å²) in [5, 5.41) is 9.40. The summed E-state index contributed by atoms with van der Waals surface area (Å²) in [6.45, 7) is 1.55. The summed E-state index contributed by atoms with van der Waals surface area (Å²) < 4.78 is 28.7. The number of benzene rings is 1. The summed E-state index contributed by atoms with van der Waals surface area (Å²) in [5.41, 5.74) is 1.06. The molecular formula is C19H18N2O5S. The van der Waals surface area contributed by atoms with Crippen molar-refractivity contribution in [3.05, 3.63) is 46.5 Å². The Balaban J connectivity index is 2.05. The first kappa shape index (κ1) is 18.9. The summed E-state index contributed by atoms with van der Waals surface area (Å²) in [5.74, 6) is -0.983. The van der Waals surface area contributed by atoms with Gasteiger partial charge in [-0.05, 0) is 42.7 Å². The van der Waals surface area contributed by atoms with Crippen molar-refractivity contribution >= 4 is 27.7 Å². The SMILES string of the molecule is COc1ccc(/C=C2/C(=O)N(C3CCS(=O)(=O)C3)C(=O)C(C#N)=C2C)cc1. The molecule has 1 aromatic carbocycles. The van der Waals surface area contributed by atoms with E-state index in [-0.39, 0.29) is 29.1 Å². The van der Waals surface area contributed by atoms with Gasteiger partial charge in [0.15, 0.2) is 9.84 Å². The maximum absolute atomic E-state index is 13.0. The molecule has 0 radical (unpaired) electrons. The molecule has 7 nitrogen and oxygen atoms in total. The van der Waals surface area contributed by atoms with Crippen molar-refractivity contribution in [1.29, 1.82) is 5.26 Å². The third kappa shape index (κ3) is 3.51. The Morgan fingerprint density at radius 2 is 1.89 bits per heavy atom. The highest BCUT2D eigenvalue weighted by Gasteiger charge is 2.43. The number of sulfone groups is 1. The van der Waals surface area contributed by atoms with Gasteiger partial charge in [0.25, 0.3) is 11.8 Å². The molecule has 0 spiro atoms. The number of carbonyl (C=O) groups excluding carboxylic acids is 2. The molecule has 0 aromatic heterocycles. The summed E-state index contributed by atoms with van der Waals surface area (Å²) in [6.07, 6.45) is 1.78. The molecule has 1 fully saturated rings. The van der Waals surface area contributed by atoms with Gasteiger partial charge < -0.3 is 4.74 Å². The predicted octanol–water partition coefficient (Wildman–Crippen LogP) is 1.47. The third-order valence-electron chi connectivity index (χ3n) is 4.77. The van der Waals surface area contributed by atoms with E-state index >= 15 is 0 Å². The highest BCUT2D eigenvalue weighted by atomic mass is 32.2. The van der Waals surface area contributed by atoms with Gasteiger partial charge in [-0.1, -0.05) is 12.1 Å². The van der Waals surface area contributed by atoms with E-state index in [1.807, 2.05) is 6.07 Å². The molecule has 0 bridgehead atoms. The van der Waals surface area contributed by atoms with Gasteiger partial charge in [-0.3, -0.25) is 14.5 Å². The van der Waals surface area contributed by atoms with Crippen LogP contribution in [0.15, 0.2) is 41.0 Å². The first-order valence-corrected chi connectivity index (χ1v) is 10.1. The summed E-state index contributed by atoms with van der Waals surface area (Å²) in [6, 6.07) is 8.08. The zero-order chi connectivity index (χ0) is 19.8. The van der Waals surface area contributed by atoms with Crippen LogP contribution in [-0.2, 0) is 19.4 Å². The zero-order valence-electron chi connectivity index (χ0n) is 14.9. The summed E-state index contributed by atoms with van der Waals surface area (Å²) >= 11 is 0. The van der Waals surface area contributed by atoms with E-state index in [0.717, 1.165) is 4.90 Å². The van der Waals surface area contributed by atoms with Gasteiger partial charge >= 0.3 is 0 Å². The Kier molecular flexibility index (Phi) is 4.89. The number of imide groups is 1. The molecule has 1 atom stereocenters. The number of hydrogen-bond acceptors (Lipinski definition) is 6. The average molecular weight is 386 g/mol. The molecule has 3 rings (SSSR count). The Morgan fingerprint density at radius 1 is 1.22 bits per heavy atom. The van der Waals surface area contributed by atoms with Crippen LogP contribution in [-0.4, -0.2) is 49.8 Å². The van der Waals surface area contributed by atoms with Gasteiger partial charge in [0.2, 0.25) is 0 Å². The number of hydrogen-bond donors (Lipinski definition) is 0. The Hall–Kier alpha value is -2.92. The van der Waals surface area contributed by atoms with Crippen LogP contribution in [0, 0.1) is 11.3 Å². The van der Waals surface area contributed by atoms with E-state index in [1.54, 1.807) is 44.4 Å². The second-order valence-electron chi connectivity index (χ2n) is 6.48. The molecule has 2 aliphatic rings. The van der Waals surface area contributed by atoms with Gasteiger partial charge in [-0.2, -0.15) is 5.26 Å². The quantitative estimate of drug-likeness (QED) is 0.576. The minimum Gasteiger partial charge on any atom is -0.497 e. The maximum Gasteiger partial charge on any atom is 0.271 e. The molecule has 2 heterocycles. The molecule has 1 aromatic rings. The highest BCUT2D eigenvalue weighted by Crippen LogP contribution is 2.31. The molecule has 8 heteroatoms. The van der Waals surface area contributed by atoms with Crippen LogP contribution >= 0.6 is 0 Å². The number of nitrogens with zero attached hydrogens (tertiary/aromatic N) is 2. The topological polar surface area (TPSA) is 105 Å². The van der Waals surface area contributed by atoms with Crippen molar-refractivity contribution in [2.24, 2.45) is 0 Å². The Morgan fingerprint density at radius 3 is 2.41 bits per heavy atom. The van der Waals surface area contributed by atoms with Gasteiger partial charge in [-0.15, -0.1) is 0 Å².